The van der Waals surface area contributed by atoms with E-state index in [1.165, 1.54) is 51.4 Å². The van der Waals surface area contributed by atoms with E-state index in [4.69, 9.17) is 5.73 Å². The van der Waals surface area contributed by atoms with Gasteiger partial charge >= 0.3 is 0 Å². The summed E-state index contributed by atoms with van der Waals surface area (Å²) in [6.07, 6.45) is 11.4. The van der Waals surface area contributed by atoms with Gasteiger partial charge in [-0.05, 0) is 62.2 Å². The fraction of sp³-hybridized carbons (Fsp3) is 1.00. The Balaban J connectivity index is 1.89. The second-order valence-electron chi connectivity index (χ2n) is 6.57. The van der Waals surface area contributed by atoms with Crippen LogP contribution in [0.25, 0.3) is 0 Å². The number of hydrogen-bond donors (Lipinski definition) is 1. The topological polar surface area (TPSA) is 26.0 Å². The van der Waals surface area contributed by atoms with Gasteiger partial charge in [-0.2, -0.15) is 0 Å². The Morgan fingerprint density at radius 3 is 2.29 bits per heavy atom. The fourth-order valence-corrected chi connectivity index (χ4v) is 5.35. The minimum atomic E-state index is 0.263. The average Bonchev–Trinajstić information content (AvgIpc) is 1.97. The summed E-state index contributed by atoms with van der Waals surface area (Å²) in [5.41, 5.74) is 7.49. The molecule has 0 aromatic heterocycles. The van der Waals surface area contributed by atoms with Crippen LogP contribution in [0, 0.1) is 17.3 Å². The summed E-state index contributed by atoms with van der Waals surface area (Å²) in [4.78, 5) is 0. The van der Waals surface area contributed by atoms with Crippen molar-refractivity contribution >= 4 is 0 Å². The first-order valence-electron chi connectivity index (χ1n) is 6.42. The van der Waals surface area contributed by atoms with Crippen LogP contribution in [0.1, 0.15) is 58.3 Å². The lowest BCUT2D eigenvalue weighted by atomic mass is 9.46. The molecule has 4 aliphatic carbocycles. The second-order valence-corrected chi connectivity index (χ2v) is 6.57. The van der Waals surface area contributed by atoms with Crippen molar-refractivity contribution in [2.24, 2.45) is 23.0 Å². The van der Waals surface area contributed by atoms with Gasteiger partial charge in [0.15, 0.2) is 0 Å². The van der Waals surface area contributed by atoms with E-state index in [-0.39, 0.29) is 5.54 Å². The highest BCUT2D eigenvalue weighted by atomic mass is 14.8. The van der Waals surface area contributed by atoms with E-state index >= 15 is 0 Å². The smallest absolute Gasteiger partial charge is 0.0164 e. The van der Waals surface area contributed by atoms with Crippen molar-refractivity contribution in [3.05, 3.63) is 0 Å². The van der Waals surface area contributed by atoms with Crippen LogP contribution < -0.4 is 5.73 Å². The van der Waals surface area contributed by atoms with Crippen LogP contribution >= 0.6 is 0 Å². The zero-order valence-electron chi connectivity index (χ0n) is 9.39. The molecule has 1 heteroatoms. The molecule has 80 valence electrons. The molecule has 0 amide bonds. The molecule has 0 aromatic carbocycles. The molecule has 0 saturated heterocycles. The van der Waals surface area contributed by atoms with Gasteiger partial charge in [0.05, 0.1) is 0 Å². The molecule has 4 aliphatic rings. The van der Waals surface area contributed by atoms with Crippen LogP contribution in [0.4, 0.5) is 0 Å². The predicted octanol–water partition coefficient (Wildman–Crippen LogP) is 3.08. The van der Waals surface area contributed by atoms with Gasteiger partial charge in [-0.25, -0.2) is 0 Å². The summed E-state index contributed by atoms with van der Waals surface area (Å²) in [5.74, 6) is 1.99. The third kappa shape index (κ3) is 1.25. The van der Waals surface area contributed by atoms with Crippen LogP contribution in [0.15, 0.2) is 0 Å². The highest BCUT2D eigenvalue weighted by Crippen LogP contribution is 2.62. The maximum atomic E-state index is 6.54. The molecule has 2 atom stereocenters. The van der Waals surface area contributed by atoms with E-state index in [2.05, 4.69) is 6.92 Å². The Hall–Kier alpha value is -0.0400. The molecule has 0 radical (unpaired) electrons. The van der Waals surface area contributed by atoms with Crippen LogP contribution in [0.3, 0.4) is 0 Å². The standard InChI is InChI=1S/C13H23N/c1-2-3-12-5-10-4-11(6-12)8-13(14,7-10)9-12/h10-11H,2-9,14H2,1H3. The van der Waals surface area contributed by atoms with Crippen molar-refractivity contribution in [2.75, 3.05) is 0 Å². The third-order valence-electron chi connectivity index (χ3n) is 5.01. The highest BCUT2D eigenvalue weighted by molar-refractivity contribution is 5.10. The minimum absolute atomic E-state index is 0.263. The fourth-order valence-electron chi connectivity index (χ4n) is 5.35. The summed E-state index contributed by atoms with van der Waals surface area (Å²) in [7, 11) is 0. The van der Waals surface area contributed by atoms with Gasteiger partial charge in [-0.1, -0.05) is 13.3 Å². The average molecular weight is 193 g/mol. The van der Waals surface area contributed by atoms with Gasteiger partial charge in [0.1, 0.15) is 0 Å². The number of hydrogen-bond acceptors (Lipinski definition) is 1. The molecule has 1 nitrogen and oxygen atoms in total. The predicted molar refractivity (Wildman–Crippen MR) is 58.9 cm³/mol. The molecule has 0 spiro atoms. The van der Waals surface area contributed by atoms with Crippen LogP contribution in [-0.2, 0) is 0 Å². The van der Waals surface area contributed by atoms with Crippen molar-refractivity contribution in [3.63, 3.8) is 0 Å². The van der Waals surface area contributed by atoms with Gasteiger partial charge < -0.3 is 5.73 Å². The Morgan fingerprint density at radius 1 is 1.14 bits per heavy atom. The zero-order valence-corrected chi connectivity index (χ0v) is 9.39. The second kappa shape index (κ2) is 2.75. The van der Waals surface area contributed by atoms with E-state index in [0.717, 1.165) is 11.8 Å². The SMILES string of the molecule is CCCC12CC3CC(CC(N)(C3)C1)C2. The molecule has 4 saturated carbocycles. The Morgan fingerprint density at radius 2 is 1.79 bits per heavy atom. The quantitative estimate of drug-likeness (QED) is 0.716. The van der Waals surface area contributed by atoms with E-state index in [1.54, 1.807) is 0 Å². The maximum Gasteiger partial charge on any atom is 0.0164 e. The number of nitrogens with two attached hydrogens (primary N) is 1. The molecule has 0 aliphatic heterocycles. The van der Waals surface area contributed by atoms with Crippen LogP contribution in [-0.4, -0.2) is 5.54 Å². The van der Waals surface area contributed by atoms with Crippen molar-refractivity contribution in [3.8, 4) is 0 Å². The largest absolute Gasteiger partial charge is 0.325 e. The summed E-state index contributed by atoms with van der Waals surface area (Å²) >= 11 is 0. The molecule has 0 aromatic rings. The summed E-state index contributed by atoms with van der Waals surface area (Å²) in [6, 6.07) is 0. The Kier molecular flexibility index (Phi) is 1.81. The van der Waals surface area contributed by atoms with Crippen molar-refractivity contribution < 1.29 is 0 Å². The lowest BCUT2D eigenvalue weighted by molar-refractivity contribution is -0.0714. The third-order valence-corrected chi connectivity index (χ3v) is 5.01. The summed E-state index contributed by atoms with van der Waals surface area (Å²) in [6.45, 7) is 2.34. The van der Waals surface area contributed by atoms with Gasteiger partial charge in [0.25, 0.3) is 0 Å². The molecule has 2 unspecified atom stereocenters. The van der Waals surface area contributed by atoms with Crippen molar-refractivity contribution in [1.82, 2.24) is 0 Å². The van der Waals surface area contributed by atoms with Gasteiger partial charge in [0, 0.05) is 5.54 Å². The van der Waals surface area contributed by atoms with Crippen LogP contribution in [0.5, 0.6) is 0 Å². The Bertz CT molecular complexity index is 232. The van der Waals surface area contributed by atoms with Crippen molar-refractivity contribution in [1.29, 1.82) is 0 Å². The first kappa shape index (κ1) is 9.21. The lowest BCUT2D eigenvalue weighted by Crippen LogP contribution is -2.59. The minimum Gasteiger partial charge on any atom is -0.325 e. The summed E-state index contributed by atoms with van der Waals surface area (Å²) < 4.78 is 0. The van der Waals surface area contributed by atoms with Gasteiger partial charge in [0.2, 0.25) is 0 Å². The maximum absolute atomic E-state index is 6.54. The lowest BCUT2D eigenvalue weighted by Gasteiger charge is -2.61. The van der Waals surface area contributed by atoms with Crippen molar-refractivity contribution in [2.45, 2.75) is 63.8 Å². The van der Waals surface area contributed by atoms with Crippen LogP contribution in [0.2, 0.25) is 0 Å². The molecule has 14 heavy (non-hydrogen) atoms. The molecule has 4 rings (SSSR count). The monoisotopic (exact) mass is 193 g/mol. The molecule has 0 heterocycles. The van der Waals surface area contributed by atoms with E-state index in [9.17, 15) is 0 Å². The molecule has 2 N–H and O–H groups in total. The summed E-state index contributed by atoms with van der Waals surface area (Å²) in [5, 5.41) is 0. The molecule has 4 bridgehead atoms. The Labute approximate surface area is 87.4 Å². The first-order chi connectivity index (χ1) is 6.63. The van der Waals surface area contributed by atoms with Gasteiger partial charge in [-0.3, -0.25) is 0 Å². The molecule has 4 fully saturated rings. The molecular weight excluding hydrogens is 170 g/mol. The number of rotatable bonds is 2. The normalized spacial score (nSPS) is 55.3. The van der Waals surface area contributed by atoms with E-state index < -0.39 is 0 Å². The first-order valence-corrected chi connectivity index (χ1v) is 6.42. The zero-order chi connectivity index (χ0) is 9.81. The highest BCUT2D eigenvalue weighted by Gasteiger charge is 2.55. The molecular formula is C13H23N. The van der Waals surface area contributed by atoms with E-state index in [1.807, 2.05) is 0 Å². The van der Waals surface area contributed by atoms with Gasteiger partial charge in [-0.15, -0.1) is 0 Å². The van der Waals surface area contributed by atoms with E-state index in [0.29, 0.717) is 5.41 Å².